The SMILES string of the molecule is CCc1ccccc1NC(=O)Cn1c(=O)c(CNc2ccc(OC)cc2)cc2cc3c(cc21)OCCO3. The van der Waals surface area contributed by atoms with E-state index in [0.717, 1.165) is 34.5 Å². The Morgan fingerprint density at radius 1 is 0.973 bits per heavy atom. The van der Waals surface area contributed by atoms with Gasteiger partial charge in [0.05, 0.1) is 12.6 Å². The number of hydrogen-bond donors (Lipinski definition) is 2. The van der Waals surface area contributed by atoms with Crippen LogP contribution in [0.15, 0.2) is 71.5 Å². The van der Waals surface area contributed by atoms with E-state index in [1.54, 1.807) is 13.2 Å². The van der Waals surface area contributed by atoms with Crippen LogP contribution in [0, 0.1) is 0 Å². The van der Waals surface area contributed by atoms with Gasteiger partial charge in [-0.3, -0.25) is 14.2 Å². The molecule has 0 spiro atoms. The van der Waals surface area contributed by atoms with Crippen molar-refractivity contribution in [1.82, 2.24) is 4.57 Å². The Balaban J connectivity index is 1.49. The third kappa shape index (κ3) is 5.23. The number of pyridine rings is 1. The Morgan fingerprint density at radius 3 is 2.43 bits per heavy atom. The number of rotatable bonds is 8. The topological polar surface area (TPSA) is 90.8 Å². The molecule has 0 saturated heterocycles. The Kier molecular flexibility index (Phi) is 6.98. The minimum atomic E-state index is -0.278. The van der Waals surface area contributed by atoms with Gasteiger partial charge in [-0.25, -0.2) is 0 Å². The number of benzene rings is 3. The normalized spacial score (nSPS) is 12.3. The third-order valence-corrected chi connectivity index (χ3v) is 6.38. The van der Waals surface area contributed by atoms with Crippen LogP contribution in [0.3, 0.4) is 0 Å². The number of carbonyl (C=O) groups is 1. The first-order valence-electron chi connectivity index (χ1n) is 12.3. The van der Waals surface area contributed by atoms with Gasteiger partial charge in [0.1, 0.15) is 25.5 Å². The van der Waals surface area contributed by atoms with Crippen LogP contribution in [0.1, 0.15) is 18.1 Å². The highest BCUT2D eigenvalue weighted by molar-refractivity contribution is 5.93. The number of aromatic nitrogens is 1. The molecule has 0 radical (unpaired) electrons. The molecular formula is C29H29N3O5. The summed E-state index contributed by atoms with van der Waals surface area (Å²) in [6.07, 6.45) is 0.787. The van der Waals surface area contributed by atoms with Crippen molar-refractivity contribution in [2.75, 3.05) is 31.0 Å². The van der Waals surface area contributed by atoms with Gasteiger partial charge in [-0.1, -0.05) is 25.1 Å². The first kappa shape index (κ1) is 24.2. The molecule has 0 saturated carbocycles. The van der Waals surface area contributed by atoms with Crippen LogP contribution in [-0.2, 0) is 24.3 Å². The number of hydrogen-bond acceptors (Lipinski definition) is 6. The van der Waals surface area contributed by atoms with Gasteiger partial charge in [-0.15, -0.1) is 0 Å². The highest BCUT2D eigenvalue weighted by atomic mass is 16.6. The summed E-state index contributed by atoms with van der Waals surface area (Å²) in [7, 11) is 1.62. The standard InChI is InChI=1S/C29H29N3O5/c1-3-19-6-4-5-7-24(19)31-28(33)18-32-25-16-27-26(36-12-13-37-27)15-20(25)14-21(29(32)34)17-30-22-8-10-23(35-2)11-9-22/h4-11,14-16,30H,3,12-13,17-18H2,1-2H3,(H,31,33). The second-order valence-corrected chi connectivity index (χ2v) is 8.76. The predicted molar refractivity (Wildman–Crippen MR) is 144 cm³/mol. The molecule has 190 valence electrons. The second kappa shape index (κ2) is 10.7. The fourth-order valence-corrected chi connectivity index (χ4v) is 4.45. The fraction of sp³-hybridized carbons (Fsp3) is 0.241. The van der Waals surface area contributed by atoms with Crippen molar-refractivity contribution in [2.24, 2.45) is 0 Å². The second-order valence-electron chi connectivity index (χ2n) is 8.76. The van der Waals surface area contributed by atoms with Crippen molar-refractivity contribution in [3.05, 3.63) is 88.2 Å². The van der Waals surface area contributed by atoms with Gasteiger partial charge in [-0.05, 0) is 54.4 Å². The van der Waals surface area contributed by atoms with Gasteiger partial charge in [-0.2, -0.15) is 0 Å². The first-order valence-corrected chi connectivity index (χ1v) is 12.3. The summed E-state index contributed by atoms with van der Waals surface area (Å²) in [5, 5.41) is 7.05. The largest absolute Gasteiger partial charge is 0.497 e. The van der Waals surface area contributed by atoms with Gasteiger partial charge >= 0.3 is 0 Å². The van der Waals surface area contributed by atoms with Crippen LogP contribution in [0.2, 0.25) is 0 Å². The van der Waals surface area contributed by atoms with E-state index in [9.17, 15) is 9.59 Å². The molecule has 1 aliphatic heterocycles. The summed E-state index contributed by atoms with van der Waals surface area (Å²) >= 11 is 0. The fourth-order valence-electron chi connectivity index (χ4n) is 4.45. The summed E-state index contributed by atoms with van der Waals surface area (Å²) in [5.74, 6) is 1.66. The van der Waals surface area contributed by atoms with Crippen LogP contribution < -0.4 is 30.4 Å². The number of methoxy groups -OCH3 is 1. The molecule has 5 rings (SSSR count). The molecule has 1 aromatic heterocycles. The van der Waals surface area contributed by atoms with Crippen molar-refractivity contribution in [3.8, 4) is 17.2 Å². The molecule has 0 unspecified atom stereocenters. The zero-order chi connectivity index (χ0) is 25.8. The average Bonchev–Trinajstić information content (AvgIpc) is 2.93. The zero-order valence-electron chi connectivity index (χ0n) is 20.9. The molecule has 0 bridgehead atoms. The molecule has 0 aliphatic carbocycles. The summed E-state index contributed by atoms with van der Waals surface area (Å²) in [4.78, 5) is 26.8. The van der Waals surface area contributed by atoms with E-state index in [4.69, 9.17) is 14.2 Å². The van der Waals surface area contributed by atoms with Crippen LogP contribution in [-0.4, -0.2) is 30.8 Å². The number of amides is 1. The molecule has 37 heavy (non-hydrogen) atoms. The number of para-hydroxylation sites is 1. The van der Waals surface area contributed by atoms with Crippen molar-refractivity contribution in [2.45, 2.75) is 26.4 Å². The van der Waals surface area contributed by atoms with E-state index in [2.05, 4.69) is 10.6 Å². The van der Waals surface area contributed by atoms with E-state index in [1.807, 2.05) is 67.6 Å². The van der Waals surface area contributed by atoms with Crippen LogP contribution in [0.4, 0.5) is 11.4 Å². The van der Waals surface area contributed by atoms with E-state index in [0.29, 0.717) is 35.8 Å². The third-order valence-electron chi connectivity index (χ3n) is 6.38. The molecule has 8 heteroatoms. The van der Waals surface area contributed by atoms with Crippen LogP contribution in [0.25, 0.3) is 10.9 Å². The Labute approximate surface area is 214 Å². The van der Waals surface area contributed by atoms with Crippen molar-refractivity contribution < 1.29 is 19.0 Å². The van der Waals surface area contributed by atoms with Gasteiger partial charge in [0.15, 0.2) is 11.5 Å². The number of ether oxygens (including phenoxy) is 3. The monoisotopic (exact) mass is 499 g/mol. The molecule has 2 N–H and O–H groups in total. The van der Waals surface area contributed by atoms with E-state index in [-0.39, 0.29) is 24.6 Å². The molecule has 1 aliphatic rings. The predicted octanol–water partition coefficient (Wildman–Crippen LogP) is 4.59. The van der Waals surface area contributed by atoms with Crippen LogP contribution in [0.5, 0.6) is 17.2 Å². The van der Waals surface area contributed by atoms with Crippen molar-refractivity contribution >= 4 is 28.2 Å². The molecule has 0 atom stereocenters. The molecule has 4 aromatic rings. The van der Waals surface area contributed by atoms with Crippen molar-refractivity contribution in [3.63, 3.8) is 0 Å². The zero-order valence-corrected chi connectivity index (χ0v) is 20.9. The molecule has 3 aromatic carbocycles. The Hall–Kier alpha value is -4.46. The average molecular weight is 500 g/mol. The molecule has 0 fully saturated rings. The molecular weight excluding hydrogens is 470 g/mol. The lowest BCUT2D eigenvalue weighted by Gasteiger charge is -2.21. The van der Waals surface area contributed by atoms with Crippen molar-refractivity contribution in [1.29, 1.82) is 0 Å². The number of carbonyl (C=O) groups excluding carboxylic acids is 1. The lowest BCUT2D eigenvalue weighted by atomic mass is 10.1. The van der Waals surface area contributed by atoms with E-state index >= 15 is 0 Å². The highest BCUT2D eigenvalue weighted by Gasteiger charge is 2.18. The highest BCUT2D eigenvalue weighted by Crippen LogP contribution is 2.34. The summed E-state index contributed by atoms with van der Waals surface area (Å²) in [5.41, 5.74) is 3.53. The lowest BCUT2D eigenvalue weighted by molar-refractivity contribution is -0.116. The minimum absolute atomic E-state index is 0.136. The van der Waals surface area contributed by atoms with Gasteiger partial charge in [0.25, 0.3) is 5.56 Å². The lowest BCUT2D eigenvalue weighted by Crippen LogP contribution is -2.31. The van der Waals surface area contributed by atoms with Gasteiger partial charge in [0, 0.05) is 34.9 Å². The van der Waals surface area contributed by atoms with E-state index < -0.39 is 0 Å². The summed E-state index contributed by atoms with van der Waals surface area (Å²) in [6.45, 7) is 3.08. The number of nitrogens with zero attached hydrogens (tertiary/aromatic N) is 1. The first-order chi connectivity index (χ1) is 18.1. The number of fused-ring (bicyclic) bond motifs is 2. The van der Waals surface area contributed by atoms with Gasteiger partial charge < -0.3 is 24.8 Å². The Bertz CT molecular complexity index is 1490. The van der Waals surface area contributed by atoms with Gasteiger partial charge in [0.2, 0.25) is 5.91 Å². The summed E-state index contributed by atoms with van der Waals surface area (Å²) in [6, 6.07) is 20.6. The smallest absolute Gasteiger partial charge is 0.256 e. The maximum atomic E-state index is 13.6. The van der Waals surface area contributed by atoms with E-state index in [1.165, 1.54) is 4.57 Å². The quantitative estimate of drug-likeness (QED) is 0.368. The molecule has 1 amide bonds. The molecule has 2 heterocycles. The maximum Gasteiger partial charge on any atom is 0.256 e. The Morgan fingerprint density at radius 2 is 1.70 bits per heavy atom. The molecule has 8 nitrogen and oxygen atoms in total. The van der Waals surface area contributed by atoms with Crippen LogP contribution >= 0.6 is 0 Å². The summed E-state index contributed by atoms with van der Waals surface area (Å²) < 4.78 is 18.2. The minimum Gasteiger partial charge on any atom is -0.497 e. The number of nitrogens with one attached hydrogen (secondary N) is 2. The maximum absolute atomic E-state index is 13.6. The number of aryl methyl sites for hydroxylation is 1. The number of anilines is 2.